The number of carbonyl (C=O) groups is 2. The second kappa shape index (κ2) is 4.53. The summed E-state index contributed by atoms with van der Waals surface area (Å²) in [5.74, 6) is -1.79. The predicted octanol–water partition coefficient (Wildman–Crippen LogP) is 1.48. The number of esters is 2. The van der Waals surface area contributed by atoms with Gasteiger partial charge in [0, 0.05) is 0 Å². The van der Waals surface area contributed by atoms with Crippen LogP contribution in [0.1, 0.15) is 13.3 Å². The Kier molecular flexibility index (Phi) is 3.45. The van der Waals surface area contributed by atoms with Gasteiger partial charge < -0.3 is 9.47 Å². The fourth-order valence-electron chi connectivity index (χ4n) is 2.28. The molecule has 1 saturated heterocycles. The molecule has 5 atom stereocenters. The van der Waals surface area contributed by atoms with Crippen molar-refractivity contribution in [2.24, 2.45) is 11.8 Å². The average Bonchev–Trinajstić information content (AvgIpc) is 2.56. The lowest BCUT2D eigenvalue weighted by Crippen LogP contribution is -2.45. The van der Waals surface area contributed by atoms with E-state index in [9.17, 15) is 9.59 Å². The Morgan fingerprint density at radius 1 is 1.69 bits per heavy atom. The normalized spacial score (nSPS) is 41.7. The molecule has 1 saturated carbocycles. The van der Waals surface area contributed by atoms with Crippen molar-refractivity contribution in [3.05, 3.63) is 0 Å². The highest BCUT2D eigenvalue weighted by Gasteiger charge is 2.56. The third-order valence-electron chi connectivity index (χ3n) is 3.05. The van der Waals surface area contributed by atoms with E-state index in [0.29, 0.717) is 6.42 Å². The quantitative estimate of drug-likeness (QED) is 0.572. The van der Waals surface area contributed by atoms with E-state index in [1.165, 1.54) is 0 Å². The van der Waals surface area contributed by atoms with Crippen molar-refractivity contribution in [2.75, 3.05) is 6.61 Å². The molecule has 0 radical (unpaired) electrons. The first-order valence-electron chi connectivity index (χ1n) is 5.21. The zero-order chi connectivity index (χ0) is 11.9. The van der Waals surface area contributed by atoms with Crippen LogP contribution >= 0.6 is 27.5 Å². The van der Waals surface area contributed by atoms with Gasteiger partial charge in [0.25, 0.3) is 0 Å². The van der Waals surface area contributed by atoms with Gasteiger partial charge >= 0.3 is 11.9 Å². The van der Waals surface area contributed by atoms with Gasteiger partial charge in [-0.05, 0) is 13.3 Å². The molecule has 0 aromatic rings. The van der Waals surface area contributed by atoms with Crippen molar-refractivity contribution in [2.45, 2.75) is 29.7 Å². The number of hydrogen-bond donors (Lipinski definition) is 0. The molecule has 2 rings (SSSR count). The first-order chi connectivity index (χ1) is 7.56. The van der Waals surface area contributed by atoms with Crippen molar-refractivity contribution >= 4 is 39.5 Å². The van der Waals surface area contributed by atoms with Crippen LogP contribution in [0.25, 0.3) is 0 Å². The maximum atomic E-state index is 11.8. The number of halogens is 2. The van der Waals surface area contributed by atoms with Gasteiger partial charge in [-0.25, -0.2) is 0 Å². The first kappa shape index (κ1) is 12.2. The van der Waals surface area contributed by atoms with Gasteiger partial charge in [0.1, 0.15) is 6.10 Å². The molecule has 1 aliphatic heterocycles. The van der Waals surface area contributed by atoms with Crippen molar-refractivity contribution in [1.82, 2.24) is 0 Å². The lowest BCUT2D eigenvalue weighted by atomic mass is 9.79. The lowest BCUT2D eigenvalue weighted by molar-refractivity contribution is -0.154. The smallest absolute Gasteiger partial charge is 0.311 e. The molecule has 6 heteroatoms. The van der Waals surface area contributed by atoms with Crippen molar-refractivity contribution in [1.29, 1.82) is 0 Å². The number of hydrogen-bond acceptors (Lipinski definition) is 4. The maximum Gasteiger partial charge on any atom is 0.311 e. The Bertz CT molecular complexity index is 322. The summed E-state index contributed by atoms with van der Waals surface area (Å²) in [5.41, 5.74) is 0. The van der Waals surface area contributed by atoms with Crippen LogP contribution in [0.15, 0.2) is 0 Å². The number of fused-ring (bicyclic) bond motifs is 2. The van der Waals surface area contributed by atoms with E-state index in [1.807, 2.05) is 0 Å². The zero-order valence-corrected chi connectivity index (χ0v) is 11.0. The number of ether oxygens (including phenoxy) is 2. The third kappa shape index (κ3) is 1.84. The van der Waals surface area contributed by atoms with Crippen LogP contribution in [0, 0.1) is 11.8 Å². The molecule has 0 spiro atoms. The molecule has 0 unspecified atom stereocenters. The van der Waals surface area contributed by atoms with E-state index in [-0.39, 0.29) is 23.5 Å². The van der Waals surface area contributed by atoms with E-state index in [0.717, 1.165) is 0 Å². The van der Waals surface area contributed by atoms with Crippen molar-refractivity contribution in [3.8, 4) is 0 Å². The van der Waals surface area contributed by atoms with Gasteiger partial charge in [-0.2, -0.15) is 0 Å². The monoisotopic (exact) mass is 310 g/mol. The molecule has 0 amide bonds. The Labute approximate surface area is 107 Å². The molecule has 0 aromatic heterocycles. The molecule has 1 heterocycles. The number of alkyl halides is 2. The minimum absolute atomic E-state index is 0.189. The number of rotatable bonds is 2. The Morgan fingerprint density at radius 3 is 3.00 bits per heavy atom. The van der Waals surface area contributed by atoms with Gasteiger partial charge in [0.2, 0.25) is 0 Å². The van der Waals surface area contributed by atoms with Crippen LogP contribution in [0.2, 0.25) is 0 Å². The van der Waals surface area contributed by atoms with Crippen LogP contribution in [0.3, 0.4) is 0 Å². The summed E-state index contributed by atoms with van der Waals surface area (Å²) in [6, 6.07) is 0. The standard InChI is InChI=1S/C10H12BrClO4/c1-2-15-10(14)6-4-3-5(16-9(4)13)7(11)8(6)12/h4-8H,2-3H2,1H3/t4-,5+,6-,7+,8-/m1/s1. The highest BCUT2D eigenvalue weighted by Crippen LogP contribution is 2.44. The zero-order valence-electron chi connectivity index (χ0n) is 8.69. The maximum absolute atomic E-state index is 11.8. The van der Waals surface area contributed by atoms with Crippen LogP contribution in [-0.4, -0.2) is 34.9 Å². The molecule has 2 fully saturated rings. The van der Waals surface area contributed by atoms with Gasteiger partial charge in [-0.3, -0.25) is 9.59 Å². The van der Waals surface area contributed by atoms with E-state index in [1.54, 1.807) is 6.92 Å². The van der Waals surface area contributed by atoms with Gasteiger partial charge in [0.15, 0.2) is 0 Å². The molecule has 0 N–H and O–H groups in total. The average molecular weight is 312 g/mol. The van der Waals surface area contributed by atoms with E-state index in [4.69, 9.17) is 21.1 Å². The molecule has 1 aliphatic carbocycles. The summed E-state index contributed by atoms with van der Waals surface area (Å²) in [6.45, 7) is 2.02. The molecular formula is C10H12BrClO4. The minimum Gasteiger partial charge on any atom is -0.466 e. The van der Waals surface area contributed by atoms with E-state index < -0.39 is 23.2 Å². The molecule has 90 valence electrons. The summed E-state index contributed by atoms with van der Waals surface area (Å²) in [7, 11) is 0. The van der Waals surface area contributed by atoms with Gasteiger partial charge in [-0.1, -0.05) is 15.9 Å². The second-order valence-corrected chi connectivity index (χ2v) is 5.55. The summed E-state index contributed by atoms with van der Waals surface area (Å²) >= 11 is 9.56. The summed E-state index contributed by atoms with van der Waals surface area (Å²) < 4.78 is 10.1. The van der Waals surface area contributed by atoms with E-state index in [2.05, 4.69) is 15.9 Å². The Balaban J connectivity index is 2.21. The highest BCUT2D eigenvalue weighted by molar-refractivity contribution is 9.09. The molecule has 4 nitrogen and oxygen atoms in total. The van der Waals surface area contributed by atoms with Crippen LogP contribution in [0.4, 0.5) is 0 Å². The van der Waals surface area contributed by atoms with Crippen LogP contribution in [0.5, 0.6) is 0 Å². The second-order valence-electron chi connectivity index (χ2n) is 3.98. The van der Waals surface area contributed by atoms with Gasteiger partial charge in [-0.15, -0.1) is 11.6 Å². The Morgan fingerprint density at radius 2 is 2.38 bits per heavy atom. The fourth-order valence-corrected chi connectivity index (χ4v) is 3.37. The SMILES string of the molecule is CCOC(=O)[C@H]1[C@@H](Cl)[C@@H](Br)[C@@H]2C[C@H]1C(=O)O2. The third-order valence-corrected chi connectivity index (χ3v) is 5.06. The topological polar surface area (TPSA) is 52.6 Å². The van der Waals surface area contributed by atoms with Crippen molar-refractivity contribution < 1.29 is 19.1 Å². The summed E-state index contributed by atoms with van der Waals surface area (Å²) in [6.07, 6.45) is 0.326. The molecule has 2 aliphatic rings. The van der Waals surface area contributed by atoms with Crippen molar-refractivity contribution in [3.63, 3.8) is 0 Å². The minimum atomic E-state index is -0.600. The first-order valence-corrected chi connectivity index (χ1v) is 6.56. The molecule has 2 bridgehead atoms. The van der Waals surface area contributed by atoms with Gasteiger partial charge in [0.05, 0.1) is 28.6 Å². The molecule has 16 heavy (non-hydrogen) atoms. The fraction of sp³-hybridized carbons (Fsp3) is 0.800. The highest BCUT2D eigenvalue weighted by atomic mass is 79.9. The van der Waals surface area contributed by atoms with Crippen LogP contribution < -0.4 is 0 Å². The van der Waals surface area contributed by atoms with Crippen LogP contribution in [-0.2, 0) is 19.1 Å². The summed E-state index contributed by atoms with van der Waals surface area (Å²) in [4.78, 5) is 23.1. The largest absolute Gasteiger partial charge is 0.466 e. The Hall–Kier alpha value is -0.290. The lowest BCUT2D eigenvalue weighted by Gasteiger charge is -2.31. The molecular weight excluding hydrogens is 299 g/mol. The molecule has 0 aromatic carbocycles. The summed E-state index contributed by atoms with van der Waals surface area (Å²) in [5, 5.41) is -0.464. The van der Waals surface area contributed by atoms with E-state index >= 15 is 0 Å². The predicted molar refractivity (Wildman–Crippen MR) is 60.5 cm³/mol. The number of carbonyl (C=O) groups excluding carboxylic acids is 2.